The van der Waals surface area contributed by atoms with E-state index >= 15 is 0 Å². The van der Waals surface area contributed by atoms with Crippen molar-refractivity contribution in [3.05, 3.63) is 35.3 Å². The summed E-state index contributed by atoms with van der Waals surface area (Å²) in [5.41, 5.74) is 0. The molecule has 0 unspecified atom stereocenters. The fourth-order valence-electron chi connectivity index (χ4n) is 0.631. The first-order valence-corrected chi connectivity index (χ1v) is 3.70. The molecule has 0 saturated heterocycles. The molecular weight excluding hydrogens is 192 g/mol. The fourth-order valence-corrected chi connectivity index (χ4v) is 0.631. The van der Waals surface area contributed by atoms with Crippen LogP contribution in [0.2, 0.25) is 0 Å². The molecule has 1 heterocycles. The molecule has 76 valence electrons. The van der Waals surface area contributed by atoms with Crippen molar-refractivity contribution in [1.29, 1.82) is 0 Å². The van der Waals surface area contributed by atoms with Gasteiger partial charge in [0.25, 0.3) is 0 Å². The molecule has 0 saturated carbocycles. The second kappa shape index (κ2) is 4.90. The van der Waals surface area contributed by atoms with E-state index in [1.807, 2.05) is 0 Å². The third-order valence-electron chi connectivity index (χ3n) is 1.15. The van der Waals surface area contributed by atoms with E-state index in [-0.39, 0.29) is 19.0 Å². The minimum Gasteiger partial charge on any atom is -0.430 e. The molecule has 0 amide bonds. The van der Waals surface area contributed by atoms with Crippen molar-refractivity contribution in [3.8, 4) is 0 Å². The van der Waals surface area contributed by atoms with Crippen LogP contribution in [0.25, 0.3) is 0 Å². The molecule has 14 heavy (non-hydrogen) atoms. The summed E-state index contributed by atoms with van der Waals surface area (Å²) < 4.78 is 17.8. The Morgan fingerprint density at radius 2 is 2.36 bits per heavy atom. The molecule has 6 heteroatoms. The van der Waals surface area contributed by atoms with Crippen LogP contribution in [0.4, 0.5) is 4.79 Å². The maximum absolute atomic E-state index is 10.7. The third-order valence-corrected chi connectivity index (χ3v) is 1.15. The highest BCUT2D eigenvalue weighted by Crippen LogP contribution is 1.99. The molecule has 0 aliphatic carbocycles. The van der Waals surface area contributed by atoms with E-state index in [0.717, 1.165) is 6.26 Å². The first-order chi connectivity index (χ1) is 6.72. The smallest absolute Gasteiger partial charge is 0.430 e. The van der Waals surface area contributed by atoms with Crippen LogP contribution in [0.3, 0.4) is 0 Å². The van der Waals surface area contributed by atoms with Gasteiger partial charge >= 0.3 is 12.0 Å². The van der Waals surface area contributed by atoms with Crippen LogP contribution in [-0.2, 0) is 16.1 Å². The van der Waals surface area contributed by atoms with Gasteiger partial charge in [-0.15, -0.1) is 0 Å². The monoisotopic (exact) mass is 200 g/mol. The number of carbonyl (C=O) groups is 1. The minimum absolute atomic E-state index is 0.0637. The number of carbonyl (C=O) groups excluding carboxylic acids is 1. The van der Waals surface area contributed by atoms with Gasteiger partial charge in [-0.1, -0.05) is 12.7 Å². The molecule has 0 N–H and O–H groups in total. The summed E-state index contributed by atoms with van der Waals surface area (Å²) in [4.78, 5) is 21.1. The zero-order valence-electron chi connectivity index (χ0n) is 7.23. The van der Waals surface area contributed by atoms with Crippen LogP contribution in [0.1, 0.15) is 5.76 Å². The van der Waals surface area contributed by atoms with E-state index in [9.17, 15) is 9.59 Å². The van der Waals surface area contributed by atoms with Crippen molar-refractivity contribution >= 4 is 6.16 Å². The van der Waals surface area contributed by atoms with Crippen molar-refractivity contribution in [2.75, 3.05) is 6.61 Å². The topological polar surface area (TPSA) is 78.9 Å². The highest BCUT2D eigenvalue weighted by molar-refractivity contribution is 5.59. The van der Waals surface area contributed by atoms with E-state index in [1.165, 1.54) is 6.08 Å². The minimum atomic E-state index is -0.867. The largest absolute Gasteiger partial charge is 0.518 e. The van der Waals surface area contributed by atoms with Crippen LogP contribution in [0, 0.1) is 0 Å². The van der Waals surface area contributed by atoms with Crippen molar-refractivity contribution in [1.82, 2.24) is 0 Å². The molecule has 0 atom stereocenters. The zero-order valence-corrected chi connectivity index (χ0v) is 7.23. The molecule has 0 aromatic carbocycles. The quantitative estimate of drug-likeness (QED) is 0.534. The summed E-state index contributed by atoms with van der Waals surface area (Å²) in [6.07, 6.45) is 1.59. The van der Waals surface area contributed by atoms with E-state index in [1.54, 1.807) is 0 Å². The van der Waals surface area contributed by atoms with E-state index in [4.69, 9.17) is 0 Å². The number of rotatable bonds is 4. The molecule has 1 rings (SSSR count). The first-order valence-electron chi connectivity index (χ1n) is 3.70. The highest BCUT2D eigenvalue weighted by Gasteiger charge is 2.06. The van der Waals surface area contributed by atoms with E-state index in [0.29, 0.717) is 0 Å². The maximum Gasteiger partial charge on any atom is 0.518 e. The fraction of sp³-hybridized carbons (Fsp3) is 0.250. The molecule has 0 bridgehead atoms. The van der Waals surface area contributed by atoms with Gasteiger partial charge in [0.15, 0.2) is 12.4 Å². The van der Waals surface area contributed by atoms with Crippen molar-refractivity contribution in [3.63, 3.8) is 0 Å². The predicted molar refractivity (Wildman–Crippen MR) is 43.6 cm³/mol. The molecule has 0 aliphatic rings. The van der Waals surface area contributed by atoms with Gasteiger partial charge in [-0.3, -0.25) is 0 Å². The Balaban J connectivity index is 2.30. The van der Waals surface area contributed by atoms with E-state index < -0.39 is 12.0 Å². The Morgan fingerprint density at radius 3 is 2.93 bits per heavy atom. The summed E-state index contributed by atoms with van der Waals surface area (Å²) in [5, 5.41) is 0. The van der Waals surface area contributed by atoms with Gasteiger partial charge in [-0.2, -0.15) is 0 Å². The van der Waals surface area contributed by atoms with Gasteiger partial charge in [0, 0.05) is 0 Å². The Bertz CT molecular complexity index is 360. The maximum atomic E-state index is 10.7. The molecule has 0 fully saturated rings. The van der Waals surface area contributed by atoms with Crippen molar-refractivity contribution in [2.45, 2.75) is 6.61 Å². The van der Waals surface area contributed by atoms with Crippen molar-refractivity contribution < 1.29 is 23.1 Å². The van der Waals surface area contributed by atoms with Gasteiger partial charge in [-0.25, -0.2) is 9.59 Å². The second-order valence-corrected chi connectivity index (χ2v) is 2.19. The highest BCUT2D eigenvalue weighted by atomic mass is 16.7. The molecule has 1 aromatic heterocycles. The van der Waals surface area contributed by atoms with Gasteiger partial charge in [0.1, 0.15) is 12.9 Å². The summed E-state index contributed by atoms with van der Waals surface area (Å²) in [6, 6.07) is 0. The van der Waals surface area contributed by atoms with Crippen LogP contribution in [0.15, 0.2) is 32.5 Å². The van der Waals surface area contributed by atoms with Crippen LogP contribution in [-0.4, -0.2) is 12.8 Å². The lowest BCUT2D eigenvalue weighted by molar-refractivity contribution is 0.0525. The summed E-state index contributed by atoms with van der Waals surface area (Å²) in [6.45, 7) is 3.20. The molecule has 6 nitrogen and oxygen atoms in total. The Labute approximate surface area is 78.7 Å². The van der Waals surface area contributed by atoms with E-state index in [2.05, 4.69) is 24.9 Å². The second-order valence-electron chi connectivity index (χ2n) is 2.19. The van der Waals surface area contributed by atoms with Crippen molar-refractivity contribution in [2.24, 2.45) is 0 Å². The van der Waals surface area contributed by atoms with Crippen LogP contribution in [0.5, 0.6) is 0 Å². The average Bonchev–Trinajstić information content (AvgIpc) is 2.58. The number of ether oxygens (including phenoxy) is 2. The standard InChI is InChI=1S/C8H8O6/c1-2-3-11-7(9)12-4-6-5-13-8(10)14-6/h2,5H,1,3-4H2. The van der Waals surface area contributed by atoms with Crippen LogP contribution >= 0.6 is 0 Å². The third kappa shape index (κ3) is 3.18. The average molecular weight is 200 g/mol. The van der Waals surface area contributed by atoms with Gasteiger partial charge in [0.2, 0.25) is 0 Å². The SMILES string of the molecule is C=CCOC(=O)OCc1coc(=O)o1. The molecular formula is C8H8O6. The lowest BCUT2D eigenvalue weighted by atomic mass is 10.6. The number of hydrogen-bond donors (Lipinski definition) is 0. The van der Waals surface area contributed by atoms with Gasteiger partial charge in [-0.05, 0) is 0 Å². The molecule has 1 aromatic rings. The lowest BCUT2D eigenvalue weighted by Crippen LogP contribution is -2.07. The molecule has 0 aliphatic heterocycles. The molecule has 0 radical (unpaired) electrons. The van der Waals surface area contributed by atoms with Gasteiger partial charge in [0.05, 0.1) is 0 Å². The zero-order chi connectivity index (χ0) is 10.4. The summed E-state index contributed by atoms with van der Waals surface area (Å²) in [5.74, 6) is -0.728. The van der Waals surface area contributed by atoms with Crippen LogP contribution < -0.4 is 5.82 Å². The Kier molecular flexibility index (Phi) is 3.54. The lowest BCUT2D eigenvalue weighted by Gasteiger charge is -2.00. The Hall–Kier alpha value is -1.98. The molecule has 0 spiro atoms. The normalized spacial score (nSPS) is 9.43. The summed E-state index contributed by atoms with van der Waals surface area (Å²) >= 11 is 0. The first kappa shape index (κ1) is 10.1. The number of hydrogen-bond acceptors (Lipinski definition) is 6. The van der Waals surface area contributed by atoms with Gasteiger partial charge < -0.3 is 18.3 Å². The predicted octanol–water partition coefficient (Wildman–Crippen LogP) is 1.07. The Morgan fingerprint density at radius 1 is 1.57 bits per heavy atom. The summed E-state index contributed by atoms with van der Waals surface area (Å²) in [7, 11) is 0.